The van der Waals surface area contributed by atoms with Crippen LogP contribution in [0.1, 0.15) is 44.5 Å². The van der Waals surface area contributed by atoms with Crippen molar-refractivity contribution in [3.63, 3.8) is 0 Å². The number of aromatic nitrogens is 2. The first kappa shape index (κ1) is 18.1. The van der Waals surface area contributed by atoms with Gasteiger partial charge in [-0.25, -0.2) is 13.1 Å². The summed E-state index contributed by atoms with van der Waals surface area (Å²) in [6.45, 7) is 9.36. The van der Waals surface area contributed by atoms with E-state index in [4.69, 9.17) is 5.73 Å². The van der Waals surface area contributed by atoms with Crippen molar-refractivity contribution in [1.29, 1.82) is 0 Å². The van der Waals surface area contributed by atoms with Gasteiger partial charge in [0.25, 0.3) is 0 Å². The minimum absolute atomic E-state index is 0.311. The molecule has 0 spiro atoms. The van der Waals surface area contributed by atoms with Gasteiger partial charge < -0.3 is 5.73 Å². The van der Waals surface area contributed by atoms with Gasteiger partial charge in [0.1, 0.15) is 4.90 Å². The molecule has 0 aliphatic carbocycles. The topological polar surface area (TPSA) is 90.0 Å². The first-order chi connectivity index (χ1) is 9.87. The molecule has 6 nitrogen and oxygen atoms in total. The van der Waals surface area contributed by atoms with Crippen LogP contribution >= 0.6 is 0 Å². The van der Waals surface area contributed by atoms with Crippen LogP contribution in [0.5, 0.6) is 0 Å². The van der Waals surface area contributed by atoms with Gasteiger partial charge in [-0.15, -0.1) is 0 Å². The molecule has 1 rings (SSSR count). The molecular formula is C14H28N4O2S. The highest BCUT2D eigenvalue weighted by atomic mass is 32.2. The van der Waals surface area contributed by atoms with Gasteiger partial charge in [-0.1, -0.05) is 26.7 Å². The van der Waals surface area contributed by atoms with Crippen LogP contribution < -0.4 is 10.5 Å². The Balaban J connectivity index is 2.95. The van der Waals surface area contributed by atoms with Crippen LogP contribution in [0.25, 0.3) is 0 Å². The molecule has 0 amide bonds. The summed E-state index contributed by atoms with van der Waals surface area (Å²) in [7, 11) is -3.51. The number of nitrogens with one attached hydrogen (secondary N) is 1. The lowest BCUT2D eigenvalue weighted by atomic mass is 10.0. The first-order valence-corrected chi connectivity index (χ1v) is 9.09. The molecule has 3 N–H and O–H groups in total. The van der Waals surface area contributed by atoms with Crippen LogP contribution in [0.4, 0.5) is 0 Å². The van der Waals surface area contributed by atoms with E-state index in [1.165, 1.54) is 0 Å². The fourth-order valence-electron chi connectivity index (χ4n) is 2.41. The smallest absolute Gasteiger partial charge is 0.244 e. The van der Waals surface area contributed by atoms with Crippen LogP contribution in [0.2, 0.25) is 0 Å². The van der Waals surface area contributed by atoms with E-state index in [0.29, 0.717) is 41.8 Å². The highest BCUT2D eigenvalue weighted by molar-refractivity contribution is 7.89. The van der Waals surface area contributed by atoms with E-state index in [2.05, 4.69) is 23.7 Å². The second kappa shape index (κ2) is 7.91. The Morgan fingerprint density at radius 1 is 1.29 bits per heavy atom. The van der Waals surface area contributed by atoms with Crippen LogP contribution in [0.3, 0.4) is 0 Å². The maximum atomic E-state index is 12.5. The lowest BCUT2D eigenvalue weighted by Crippen LogP contribution is -2.29. The van der Waals surface area contributed by atoms with E-state index < -0.39 is 10.0 Å². The number of hydrogen-bond donors (Lipinski definition) is 2. The summed E-state index contributed by atoms with van der Waals surface area (Å²) in [6.07, 6.45) is 2.71. The molecule has 0 aromatic carbocycles. The summed E-state index contributed by atoms with van der Waals surface area (Å²) in [6, 6.07) is 0. The molecule has 0 aliphatic heterocycles. The molecule has 0 unspecified atom stereocenters. The van der Waals surface area contributed by atoms with Crippen LogP contribution in [0.15, 0.2) is 4.90 Å². The second-order valence-electron chi connectivity index (χ2n) is 5.40. The zero-order valence-corrected chi connectivity index (χ0v) is 14.3. The van der Waals surface area contributed by atoms with Crippen molar-refractivity contribution in [3.8, 4) is 0 Å². The normalized spacial score (nSPS) is 12.3. The van der Waals surface area contributed by atoms with Gasteiger partial charge in [0.15, 0.2) is 0 Å². The maximum Gasteiger partial charge on any atom is 0.244 e. The minimum Gasteiger partial charge on any atom is -0.330 e. The Bertz CT molecular complexity index is 548. The van der Waals surface area contributed by atoms with Gasteiger partial charge >= 0.3 is 0 Å². The third-order valence-corrected chi connectivity index (χ3v) is 5.55. The van der Waals surface area contributed by atoms with Crippen molar-refractivity contribution >= 4 is 10.0 Å². The standard InChI is InChI=1S/C14H28N4O2S/c1-5-13(6-2)10-16-21(19,20)14-11(3)17-18(12(14)4)9-7-8-15/h13,16H,5-10,15H2,1-4H3. The molecule has 0 atom stereocenters. The van der Waals surface area contributed by atoms with Gasteiger partial charge in [0.05, 0.1) is 11.4 Å². The molecule has 0 bridgehead atoms. The average molecular weight is 316 g/mol. The molecule has 0 fully saturated rings. The SMILES string of the molecule is CCC(CC)CNS(=O)(=O)c1c(C)nn(CCCN)c1C. The molecule has 21 heavy (non-hydrogen) atoms. The fourth-order valence-corrected chi connectivity index (χ4v) is 3.93. The van der Waals surface area contributed by atoms with Crippen molar-refractivity contribution in [2.75, 3.05) is 13.1 Å². The Kier molecular flexibility index (Phi) is 6.83. The quantitative estimate of drug-likeness (QED) is 0.723. The van der Waals surface area contributed by atoms with Crippen molar-refractivity contribution in [3.05, 3.63) is 11.4 Å². The molecular weight excluding hydrogens is 288 g/mol. The Labute approximate surface area is 128 Å². The molecule has 1 aromatic rings. The fraction of sp³-hybridized carbons (Fsp3) is 0.786. The Morgan fingerprint density at radius 3 is 2.43 bits per heavy atom. The number of rotatable bonds is 9. The first-order valence-electron chi connectivity index (χ1n) is 7.61. The maximum absolute atomic E-state index is 12.5. The van der Waals surface area contributed by atoms with E-state index in [0.717, 1.165) is 19.3 Å². The summed E-state index contributed by atoms with van der Waals surface area (Å²) < 4.78 is 29.5. The molecule has 0 aliphatic rings. The third-order valence-electron chi connectivity index (χ3n) is 3.87. The number of hydrogen-bond acceptors (Lipinski definition) is 4. The van der Waals surface area contributed by atoms with E-state index in [1.54, 1.807) is 18.5 Å². The molecule has 0 saturated heterocycles. The minimum atomic E-state index is -3.51. The predicted octanol–water partition coefficient (Wildman–Crippen LogP) is 1.56. The van der Waals surface area contributed by atoms with E-state index in [1.807, 2.05) is 0 Å². The number of sulfonamides is 1. The average Bonchev–Trinajstić information content (AvgIpc) is 2.72. The van der Waals surface area contributed by atoms with Crippen LogP contribution in [-0.2, 0) is 16.6 Å². The largest absolute Gasteiger partial charge is 0.330 e. The molecule has 1 aromatic heterocycles. The van der Waals surface area contributed by atoms with Crippen molar-refractivity contribution < 1.29 is 8.42 Å². The lowest BCUT2D eigenvalue weighted by Gasteiger charge is -2.14. The van der Waals surface area contributed by atoms with Crippen molar-refractivity contribution in [1.82, 2.24) is 14.5 Å². The molecule has 122 valence electrons. The Hall–Kier alpha value is -0.920. The monoisotopic (exact) mass is 316 g/mol. The summed E-state index contributed by atoms with van der Waals surface area (Å²) in [5.74, 6) is 0.368. The predicted molar refractivity (Wildman–Crippen MR) is 84.6 cm³/mol. The lowest BCUT2D eigenvalue weighted by molar-refractivity contribution is 0.478. The third kappa shape index (κ3) is 4.52. The van der Waals surface area contributed by atoms with E-state index in [-0.39, 0.29) is 0 Å². The van der Waals surface area contributed by atoms with Gasteiger partial charge in [-0.05, 0) is 32.7 Å². The molecule has 0 radical (unpaired) electrons. The van der Waals surface area contributed by atoms with Gasteiger partial charge in [-0.3, -0.25) is 4.68 Å². The second-order valence-corrected chi connectivity index (χ2v) is 7.10. The van der Waals surface area contributed by atoms with E-state index in [9.17, 15) is 8.42 Å². The molecule has 1 heterocycles. The summed E-state index contributed by atoms with van der Waals surface area (Å²) >= 11 is 0. The zero-order valence-electron chi connectivity index (χ0n) is 13.5. The van der Waals surface area contributed by atoms with Crippen molar-refractivity contribution in [2.45, 2.75) is 58.4 Å². The van der Waals surface area contributed by atoms with Crippen LogP contribution in [0, 0.1) is 19.8 Å². The molecule has 0 saturated carbocycles. The van der Waals surface area contributed by atoms with Gasteiger partial charge in [-0.2, -0.15) is 5.10 Å². The Morgan fingerprint density at radius 2 is 1.90 bits per heavy atom. The van der Waals surface area contributed by atoms with Gasteiger partial charge in [0, 0.05) is 13.1 Å². The molecule has 7 heteroatoms. The highest BCUT2D eigenvalue weighted by Gasteiger charge is 2.24. The van der Waals surface area contributed by atoms with Crippen molar-refractivity contribution in [2.24, 2.45) is 11.7 Å². The number of nitrogens with zero attached hydrogens (tertiary/aromatic N) is 2. The number of aryl methyl sites for hydroxylation is 2. The summed E-state index contributed by atoms with van der Waals surface area (Å²) in [5.41, 5.74) is 6.72. The van der Waals surface area contributed by atoms with Gasteiger partial charge in [0.2, 0.25) is 10.0 Å². The highest BCUT2D eigenvalue weighted by Crippen LogP contribution is 2.20. The summed E-state index contributed by atoms with van der Waals surface area (Å²) in [5, 5.41) is 4.32. The summed E-state index contributed by atoms with van der Waals surface area (Å²) in [4.78, 5) is 0.311. The van der Waals surface area contributed by atoms with Crippen LogP contribution in [-0.4, -0.2) is 31.3 Å². The van der Waals surface area contributed by atoms with E-state index >= 15 is 0 Å². The number of nitrogens with two attached hydrogens (primary N) is 1. The zero-order chi connectivity index (χ0) is 16.0.